The molecule has 0 radical (unpaired) electrons. The molecule has 2 rings (SSSR count). The normalized spacial score (nSPS) is 22.1. The van der Waals surface area contributed by atoms with E-state index in [0.29, 0.717) is 18.4 Å². The number of benzene rings is 1. The van der Waals surface area contributed by atoms with Crippen LogP contribution in [0.3, 0.4) is 0 Å². The molecule has 1 aliphatic rings. The maximum Gasteiger partial charge on any atom is 0.319 e. The van der Waals surface area contributed by atoms with Crippen molar-refractivity contribution < 1.29 is 4.79 Å². The Morgan fingerprint density at radius 1 is 1.33 bits per heavy atom. The van der Waals surface area contributed by atoms with Crippen molar-refractivity contribution in [3.8, 4) is 0 Å². The van der Waals surface area contributed by atoms with Crippen LogP contribution in [0.1, 0.15) is 45.1 Å². The van der Waals surface area contributed by atoms with E-state index >= 15 is 0 Å². The summed E-state index contributed by atoms with van der Waals surface area (Å²) in [5.74, 6) is 1.19. The fraction of sp³-hybridized carbons (Fsp3) is 0.588. The van der Waals surface area contributed by atoms with Crippen molar-refractivity contribution in [1.29, 1.82) is 0 Å². The lowest BCUT2D eigenvalue weighted by Crippen LogP contribution is -2.45. The molecular weight excluding hydrogens is 262 g/mol. The molecule has 1 aromatic carbocycles. The predicted molar refractivity (Wildman–Crippen MR) is 87.1 cm³/mol. The van der Waals surface area contributed by atoms with E-state index < -0.39 is 0 Å². The first kappa shape index (κ1) is 15.8. The van der Waals surface area contributed by atoms with Gasteiger partial charge < -0.3 is 16.4 Å². The van der Waals surface area contributed by atoms with E-state index in [0.717, 1.165) is 17.7 Å². The summed E-state index contributed by atoms with van der Waals surface area (Å²) in [5, 5.41) is 6.07. The molecule has 1 aliphatic carbocycles. The van der Waals surface area contributed by atoms with E-state index in [2.05, 4.69) is 24.5 Å². The number of urea groups is 1. The number of anilines is 1. The van der Waals surface area contributed by atoms with Crippen molar-refractivity contribution in [2.45, 2.75) is 52.1 Å². The third-order valence-corrected chi connectivity index (χ3v) is 4.41. The topological polar surface area (TPSA) is 67.2 Å². The number of nitrogens with two attached hydrogens (primary N) is 1. The molecule has 4 heteroatoms. The average Bonchev–Trinajstić information content (AvgIpc) is 2.47. The van der Waals surface area contributed by atoms with Crippen molar-refractivity contribution in [2.75, 3.05) is 5.32 Å². The Bertz CT molecular complexity index is 473. The van der Waals surface area contributed by atoms with Gasteiger partial charge in [-0.3, -0.25) is 0 Å². The molecule has 2 unspecified atom stereocenters. The number of amides is 2. The summed E-state index contributed by atoms with van der Waals surface area (Å²) in [4.78, 5) is 12.2. The minimum absolute atomic E-state index is 0.110. The number of carbonyl (C=O) groups is 1. The van der Waals surface area contributed by atoms with Crippen molar-refractivity contribution in [3.05, 3.63) is 29.8 Å². The highest BCUT2D eigenvalue weighted by Gasteiger charge is 2.28. The molecule has 0 saturated heterocycles. The van der Waals surface area contributed by atoms with Crippen molar-refractivity contribution >= 4 is 11.7 Å². The molecule has 4 N–H and O–H groups in total. The lowest BCUT2D eigenvalue weighted by molar-refractivity contribution is 0.200. The SMILES string of the molecule is CC(C)C1CCCCC1NC(=O)Nc1cccc(CN)c1. The molecule has 2 amide bonds. The Hall–Kier alpha value is -1.55. The van der Waals surface area contributed by atoms with Crippen LogP contribution in [0.15, 0.2) is 24.3 Å². The summed E-state index contributed by atoms with van der Waals surface area (Å²) >= 11 is 0. The van der Waals surface area contributed by atoms with Crippen molar-refractivity contribution in [1.82, 2.24) is 5.32 Å². The van der Waals surface area contributed by atoms with Gasteiger partial charge in [-0.25, -0.2) is 4.79 Å². The minimum Gasteiger partial charge on any atom is -0.335 e. The zero-order valence-electron chi connectivity index (χ0n) is 13.1. The summed E-state index contributed by atoms with van der Waals surface area (Å²) in [6.07, 6.45) is 4.78. The fourth-order valence-electron chi connectivity index (χ4n) is 3.25. The first-order valence-electron chi connectivity index (χ1n) is 7.96. The Kier molecular flexibility index (Phi) is 5.62. The van der Waals surface area contributed by atoms with Crippen LogP contribution >= 0.6 is 0 Å². The average molecular weight is 289 g/mol. The molecule has 0 spiro atoms. The Labute approximate surface area is 127 Å². The van der Waals surface area contributed by atoms with E-state index in [1.165, 1.54) is 19.3 Å². The molecule has 4 nitrogen and oxygen atoms in total. The zero-order chi connectivity index (χ0) is 15.2. The minimum atomic E-state index is -0.110. The lowest BCUT2D eigenvalue weighted by Gasteiger charge is -2.34. The van der Waals surface area contributed by atoms with E-state index in [1.54, 1.807) is 0 Å². The van der Waals surface area contributed by atoms with Crippen molar-refractivity contribution in [2.24, 2.45) is 17.6 Å². The van der Waals surface area contributed by atoms with E-state index in [9.17, 15) is 4.79 Å². The highest BCUT2D eigenvalue weighted by atomic mass is 16.2. The summed E-state index contributed by atoms with van der Waals surface area (Å²) in [6, 6.07) is 7.85. The lowest BCUT2D eigenvalue weighted by atomic mass is 9.78. The molecule has 116 valence electrons. The zero-order valence-corrected chi connectivity index (χ0v) is 13.1. The van der Waals surface area contributed by atoms with Gasteiger partial charge in [0.05, 0.1) is 0 Å². The van der Waals surface area contributed by atoms with E-state index in [-0.39, 0.29) is 12.1 Å². The van der Waals surface area contributed by atoms with Crippen LogP contribution in [0.25, 0.3) is 0 Å². The molecule has 2 atom stereocenters. The Morgan fingerprint density at radius 2 is 2.10 bits per heavy atom. The molecule has 1 fully saturated rings. The van der Waals surface area contributed by atoms with Crippen LogP contribution in [-0.4, -0.2) is 12.1 Å². The van der Waals surface area contributed by atoms with Crippen LogP contribution in [0.4, 0.5) is 10.5 Å². The van der Waals surface area contributed by atoms with Gasteiger partial charge in [0.15, 0.2) is 0 Å². The van der Waals surface area contributed by atoms with Gasteiger partial charge in [-0.05, 0) is 42.4 Å². The maximum atomic E-state index is 12.2. The Morgan fingerprint density at radius 3 is 2.81 bits per heavy atom. The standard InChI is InChI=1S/C17H27N3O/c1-12(2)15-8-3-4-9-16(15)20-17(21)19-14-7-5-6-13(10-14)11-18/h5-7,10,12,15-16H,3-4,8-9,11,18H2,1-2H3,(H2,19,20,21). The number of carbonyl (C=O) groups excluding carboxylic acids is 1. The summed E-state index contributed by atoms with van der Waals surface area (Å²) in [6.45, 7) is 4.97. The van der Waals surface area contributed by atoms with Gasteiger partial charge in [0.25, 0.3) is 0 Å². The molecule has 1 aromatic rings. The van der Waals surface area contributed by atoms with Crippen LogP contribution < -0.4 is 16.4 Å². The van der Waals surface area contributed by atoms with Gasteiger partial charge in [0.2, 0.25) is 0 Å². The fourth-order valence-corrected chi connectivity index (χ4v) is 3.25. The number of rotatable bonds is 4. The Balaban J connectivity index is 1.93. The van der Waals surface area contributed by atoms with E-state index in [1.807, 2.05) is 24.3 Å². The van der Waals surface area contributed by atoms with Crippen LogP contribution in [0.5, 0.6) is 0 Å². The summed E-state index contributed by atoms with van der Waals surface area (Å²) in [7, 11) is 0. The van der Waals surface area contributed by atoms with Gasteiger partial charge in [0.1, 0.15) is 0 Å². The van der Waals surface area contributed by atoms with Gasteiger partial charge >= 0.3 is 6.03 Å². The molecule has 0 heterocycles. The van der Waals surface area contributed by atoms with E-state index in [4.69, 9.17) is 5.73 Å². The molecule has 0 aromatic heterocycles. The first-order chi connectivity index (χ1) is 10.1. The summed E-state index contributed by atoms with van der Waals surface area (Å²) < 4.78 is 0. The smallest absolute Gasteiger partial charge is 0.319 e. The third-order valence-electron chi connectivity index (χ3n) is 4.41. The van der Waals surface area contributed by atoms with Gasteiger partial charge in [-0.1, -0.05) is 38.8 Å². The predicted octanol–water partition coefficient (Wildman–Crippen LogP) is 3.48. The quantitative estimate of drug-likeness (QED) is 0.794. The monoisotopic (exact) mass is 289 g/mol. The van der Waals surface area contributed by atoms with Crippen LogP contribution in [0, 0.1) is 11.8 Å². The van der Waals surface area contributed by atoms with Crippen LogP contribution in [-0.2, 0) is 6.54 Å². The maximum absolute atomic E-state index is 12.2. The van der Waals surface area contributed by atoms with Gasteiger partial charge in [-0.15, -0.1) is 0 Å². The van der Waals surface area contributed by atoms with Gasteiger partial charge in [-0.2, -0.15) is 0 Å². The summed E-state index contributed by atoms with van der Waals surface area (Å²) in [5.41, 5.74) is 7.44. The highest BCUT2D eigenvalue weighted by Crippen LogP contribution is 2.30. The largest absolute Gasteiger partial charge is 0.335 e. The second kappa shape index (κ2) is 7.46. The number of hydrogen-bond acceptors (Lipinski definition) is 2. The van der Waals surface area contributed by atoms with Gasteiger partial charge in [0, 0.05) is 18.3 Å². The molecule has 0 aliphatic heterocycles. The van der Waals surface area contributed by atoms with Crippen LogP contribution in [0.2, 0.25) is 0 Å². The second-order valence-electron chi connectivity index (χ2n) is 6.30. The molecule has 0 bridgehead atoms. The highest BCUT2D eigenvalue weighted by molar-refractivity contribution is 5.89. The molecule has 21 heavy (non-hydrogen) atoms. The molecule has 1 saturated carbocycles. The molecular formula is C17H27N3O. The second-order valence-corrected chi connectivity index (χ2v) is 6.30. The third kappa shape index (κ3) is 4.46. The number of hydrogen-bond donors (Lipinski definition) is 3. The first-order valence-corrected chi connectivity index (χ1v) is 7.96. The number of nitrogens with one attached hydrogen (secondary N) is 2. The van der Waals surface area contributed by atoms with Crippen molar-refractivity contribution in [3.63, 3.8) is 0 Å².